The number of para-hydroxylation sites is 1. The van der Waals surface area contributed by atoms with Crippen LogP contribution < -0.4 is 5.56 Å². The highest BCUT2D eigenvalue weighted by molar-refractivity contribution is 5.77. The Kier molecular flexibility index (Phi) is 3.46. The predicted molar refractivity (Wildman–Crippen MR) is 88.0 cm³/mol. The second-order valence-electron chi connectivity index (χ2n) is 6.11. The number of aryl methyl sites for hydroxylation is 1. The summed E-state index contributed by atoms with van der Waals surface area (Å²) in [6.45, 7) is 1.66. The normalized spacial score (nSPS) is 18.7. The van der Waals surface area contributed by atoms with Gasteiger partial charge in [0, 0.05) is 24.8 Å². The van der Waals surface area contributed by atoms with E-state index in [9.17, 15) is 4.79 Å². The fourth-order valence-electron chi connectivity index (χ4n) is 3.41. The summed E-state index contributed by atoms with van der Waals surface area (Å²) in [5.41, 5.74) is 1.92. The zero-order chi connectivity index (χ0) is 15.8. The first-order valence-corrected chi connectivity index (χ1v) is 7.91. The lowest BCUT2D eigenvalue weighted by molar-refractivity contribution is 0.242. The van der Waals surface area contributed by atoms with Crippen LogP contribution in [0.5, 0.6) is 0 Å². The van der Waals surface area contributed by atoms with Gasteiger partial charge in [0.25, 0.3) is 5.56 Å². The standard InChI is InChI=1S/C17H19N5O/c1-21-10-12(9-18-21)15-7-4-8-22(15)11-16-19-14-6-3-2-5-13(14)17(23)20-16/h2-3,5-6,9-10,15H,4,7-8,11H2,1H3,(H,19,20,23). The first-order chi connectivity index (χ1) is 11.2. The van der Waals surface area contributed by atoms with Crippen molar-refractivity contribution in [2.75, 3.05) is 6.54 Å². The topological polar surface area (TPSA) is 66.8 Å². The van der Waals surface area contributed by atoms with Crippen molar-refractivity contribution in [3.8, 4) is 0 Å². The number of hydrogen-bond donors (Lipinski definition) is 1. The Bertz CT molecular complexity index is 897. The van der Waals surface area contributed by atoms with Crippen LogP contribution >= 0.6 is 0 Å². The minimum atomic E-state index is -0.0669. The molecule has 1 saturated heterocycles. The van der Waals surface area contributed by atoms with Crippen molar-refractivity contribution in [3.63, 3.8) is 0 Å². The fraction of sp³-hybridized carbons (Fsp3) is 0.353. The van der Waals surface area contributed by atoms with Crippen molar-refractivity contribution in [1.29, 1.82) is 0 Å². The number of benzene rings is 1. The molecule has 6 nitrogen and oxygen atoms in total. The van der Waals surface area contributed by atoms with Gasteiger partial charge in [-0.05, 0) is 31.5 Å². The van der Waals surface area contributed by atoms with Crippen LogP contribution in [0, 0.1) is 0 Å². The largest absolute Gasteiger partial charge is 0.309 e. The van der Waals surface area contributed by atoms with E-state index < -0.39 is 0 Å². The first-order valence-electron chi connectivity index (χ1n) is 7.91. The van der Waals surface area contributed by atoms with E-state index in [1.54, 1.807) is 6.07 Å². The summed E-state index contributed by atoms with van der Waals surface area (Å²) in [5.74, 6) is 0.726. The zero-order valence-electron chi connectivity index (χ0n) is 13.1. The molecule has 3 aromatic rings. The van der Waals surface area contributed by atoms with E-state index in [4.69, 9.17) is 0 Å². The molecule has 0 spiro atoms. The Balaban J connectivity index is 1.63. The maximum Gasteiger partial charge on any atom is 0.258 e. The molecule has 0 radical (unpaired) electrons. The van der Waals surface area contributed by atoms with Crippen molar-refractivity contribution >= 4 is 10.9 Å². The van der Waals surface area contributed by atoms with E-state index in [1.165, 1.54) is 5.56 Å². The summed E-state index contributed by atoms with van der Waals surface area (Å²) < 4.78 is 1.84. The van der Waals surface area contributed by atoms with Gasteiger partial charge in [-0.15, -0.1) is 0 Å². The molecular weight excluding hydrogens is 290 g/mol. The molecule has 1 atom stereocenters. The molecule has 1 unspecified atom stereocenters. The van der Waals surface area contributed by atoms with Crippen LogP contribution in [0.3, 0.4) is 0 Å². The van der Waals surface area contributed by atoms with Crippen LogP contribution in [0.4, 0.5) is 0 Å². The van der Waals surface area contributed by atoms with Gasteiger partial charge in [-0.2, -0.15) is 5.10 Å². The van der Waals surface area contributed by atoms with Crippen LogP contribution in [-0.4, -0.2) is 31.2 Å². The van der Waals surface area contributed by atoms with Crippen LogP contribution in [-0.2, 0) is 13.6 Å². The molecule has 1 N–H and O–H groups in total. The van der Waals surface area contributed by atoms with Crippen LogP contribution in [0.1, 0.15) is 30.3 Å². The number of rotatable bonds is 3. The molecule has 3 heterocycles. The van der Waals surface area contributed by atoms with Crippen molar-refractivity contribution in [2.24, 2.45) is 7.05 Å². The van der Waals surface area contributed by atoms with E-state index in [2.05, 4.69) is 26.2 Å². The minimum Gasteiger partial charge on any atom is -0.309 e. The van der Waals surface area contributed by atoms with Gasteiger partial charge in [-0.3, -0.25) is 14.4 Å². The van der Waals surface area contributed by atoms with Gasteiger partial charge < -0.3 is 4.98 Å². The molecule has 0 amide bonds. The third kappa shape index (κ3) is 2.66. The van der Waals surface area contributed by atoms with Gasteiger partial charge in [0.2, 0.25) is 0 Å². The third-order valence-electron chi connectivity index (χ3n) is 4.49. The molecular formula is C17H19N5O. The lowest BCUT2D eigenvalue weighted by Crippen LogP contribution is -2.25. The number of hydrogen-bond acceptors (Lipinski definition) is 4. The Morgan fingerprint density at radius 3 is 3.04 bits per heavy atom. The molecule has 118 valence electrons. The molecule has 0 aliphatic carbocycles. The van der Waals surface area contributed by atoms with Crippen molar-refractivity contribution in [2.45, 2.75) is 25.4 Å². The van der Waals surface area contributed by atoms with Gasteiger partial charge in [-0.1, -0.05) is 12.1 Å². The fourth-order valence-corrected chi connectivity index (χ4v) is 3.41. The number of aromatic nitrogens is 4. The zero-order valence-corrected chi connectivity index (χ0v) is 13.1. The average Bonchev–Trinajstić information content (AvgIpc) is 3.16. The smallest absolute Gasteiger partial charge is 0.258 e. The van der Waals surface area contributed by atoms with Gasteiger partial charge >= 0.3 is 0 Å². The van der Waals surface area contributed by atoms with Crippen molar-refractivity contribution in [1.82, 2.24) is 24.6 Å². The molecule has 1 aliphatic rings. The van der Waals surface area contributed by atoms with Crippen molar-refractivity contribution in [3.05, 3.63) is 58.4 Å². The highest BCUT2D eigenvalue weighted by atomic mass is 16.1. The summed E-state index contributed by atoms with van der Waals surface area (Å²) in [4.78, 5) is 22.1. The van der Waals surface area contributed by atoms with Gasteiger partial charge in [0.05, 0.1) is 23.6 Å². The summed E-state index contributed by atoms with van der Waals surface area (Å²) in [5, 5.41) is 4.91. The molecule has 2 aromatic heterocycles. The third-order valence-corrected chi connectivity index (χ3v) is 4.49. The highest BCUT2D eigenvalue weighted by Gasteiger charge is 2.27. The second kappa shape index (κ2) is 5.62. The SMILES string of the molecule is Cn1cc(C2CCCN2Cc2nc3ccccc3c(=O)[nH]2)cn1. The molecule has 0 bridgehead atoms. The Morgan fingerprint density at radius 2 is 2.22 bits per heavy atom. The average molecular weight is 309 g/mol. The molecule has 1 fully saturated rings. The van der Waals surface area contributed by atoms with Gasteiger partial charge in [0.15, 0.2) is 0 Å². The van der Waals surface area contributed by atoms with Crippen LogP contribution in [0.25, 0.3) is 10.9 Å². The molecule has 1 aliphatic heterocycles. The van der Waals surface area contributed by atoms with Gasteiger partial charge in [-0.25, -0.2) is 4.98 Å². The van der Waals surface area contributed by atoms with E-state index in [0.29, 0.717) is 18.0 Å². The van der Waals surface area contributed by atoms with E-state index in [0.717, 1.165) is 30.7 Å². The summed E-state index contributed by atoms with van der Waals surface area (Å²) in [6.07, 6.45) is 6.26. The summed E-state index contributed by atoms with van der Waals surface area (Å²) >= 11 is 0. The number of likely N-dealkylation sites (tertiary alicyclic amines) is 1. The number of aromatic amines is 1. The number of H-pyrrole nitrogens is 1. The summed E-state index contributed by atoms with van der Waals surface area (Å²) in [7, 11) is 1.94. The highest BCUT2D eigenvalue weighted by Crippen LogP contribution is 2.32. The minimum absolute atomic E-state index is 0.0669. The molecule has 23 heavy (non-hydrogen) atoms. The molecule has 4 rings (SSSR count). The lowest BCUT2D eigenvalue weighted by atomic mass is 10.1. The Hall–Kier alpha value is -2.47. The van der Waals surface area contributed by atoms with Gasteiger partial charge in [0.1, 0.15) is 5.82 Å². The van der Waals surface area contributed by atoms with E-state index >= 15 is 0 Å². The predicted octanol–water partition coefficient (Wildman–Crippen LogP) is 1.99. The Labute approximate surface area is 133 Å². The maximum atomic E-state index is 12.2. The molecule has 0 saturated carbocycles. The maximum absolute atomic E-state index is 12.2. The van der Waals surface area contributed by atoms with Crippen molar-refractivity contribution < 1.29 is 0 Å². The quantitative estimate of drug-likeness (QED) is 0.803. The van der Waals surface area contributed by atoms with E-state index in [1.807, 2.05) is 36.1 Å². The monoisotopic (exact) mass is 309 g/mol. The van der Waals surface area contributed by atoms with Crippen LogP contribution in [0.2, 0.25) is 0 Å². The van der Waals surface area contributed by atoms with Crippen LogP contribution in [0.15, 0.2) is 41.5 Å². The number of nitrogens with one attached hydrogen (secondary N) is 1. The molecule has 6 heteroatoms. The lowest BCUT2D eigenvalue weighted by Gasteiger charge is -2.22. The Morgan fingerprint density at radius 1 is 1.35 bits per heavy atom. The summed E-state index contributed by atoms with van der Waals surface area (Å²) in [6, 6.07) is 7.81. The number of fused-ring (bicyclic) bond motifs is 1. The molecule has 1 aromatic carbocycles. The van der Waals surface area contributed by atoms with E-state index in [-0.39, 0.29) is 5.56 Å². The first kappa shape index (κ1) is 14.1. The number of nitrogens with zero attached hydrogens (tertiary/aromatic N) is 4. The second-order valence-corrected chi connectivity index (χ2v) is 6.11.